The molecule has 6 heteroatoms. The lowest BCUT2D eigenvalue weighted by atomic mass is 10.2. The summed E-state index contributed by atoms with van der Waals surface area (Å²) in [5, 5.41) is 11.1. The molecule has 0 radical (unpaired) electrons. The Balaban J connectivity index is 2.37. The van der Waals surface area contributed by atoms with Crippen LogP contribution < -0.4 is 5.32 Å². The smallest absolute Gasteiger partial charge is 0.413 e. The number of aromatic amines is 1. The van der Waals surface area contributed by atoms with Gasteiger partial charge in [-0.3, -0.25) is 5.32 Å². The number of methoxy groups -OCH3 is 1. The molecule has 16 heavy (non-hydrogen) atoms. The molecule has 0 aliphatic heterocycles. The first-order valence-electron chi connectivity index (χ1n) is 4.48. The topological polar surface area (TPSA) is 90.8 Å². The number of anilines is 1. The van der Waals surface area contributed by atoms with E-state index in [0.29, 0.717) is 16.6 Å². The van der Waals surface area contributed by atoms with E-state index < -0.39 is 6.09 Å². The highest BCUT2D eigenvalue weighted by Crippen LogP contribution is 2.15. The summed E-state index contributed by atoms with van der Waals surface area (Å²) in [5.74, 6) is 0.289. The van der Waals surface area contributed by atoms with Crippen molar-refractivity contribution in [3.8, 4) is 6.07 Å². The molecular formula is C10H8N4O2. The fourth-order valence-corrected chi connectivity index (χ4v) is 1.29. The van der Waals surface area contributed by atoms with E-state index in [9.17, 15) is 4.79 Å². The van der Waals surface area contributed by atoms with Crippen LogP contribution in [0.4, 0.5) is 10.7 Å². The van der Waals surface area contributed by atoms with Gasteiger partial charge in [-0.05, 0) is 18.2 Å². The fourth-order valence-electron chi connectivity index (χ4n) is 1.29. The number of nitrogens with one attached hydrogen (secondary N) is 2. The van der Waals surface area contributed by atoms with Gasteiger partial charge in [0.1, 0.15) is 0 Å². The molecule has 1 amide bonds. The predicted octanol–water partition coefficient (Wildman–Crippen LogP) is 1.61. The van der Waals surface area contributed by atoms with Crippen molar-refractivity contribution in [1.29, 1.82) is 5.26 Å². The Morgan fingerprint density at radius 1 is 1.62 bits per heavy atom. The number of imidazole rings is 1. The number of H-pyrrole nitrogens is 1. The number of nitrogens with zero attached hydrogens (tertiary/aromatic N) is 2. The molecule has 0 unspecified atom stereocenters. The van der Waals surface area contributed by atoms with E-state index in [4.69, 9.17) is 5.26 Å². The number of ether oxygens (including phenoxy) is 1. The minimum atomic E-state index is -0.598. The summed E-state index contributed by atoms with van der Waals surface area (Å²) in [7, 11) is 1.27. The van der Waals surface area contributed by atoms with Crippen LogP contribution in [0.25, 0.3) is 11.0 Å². The Bertz CT molecular complexity index is 582. The maximum absolute atomic E-state index is 10.9. The molecule has 1 aromatic carbocycles. The van der Waals surface area contributed by atoms with Crippen molar-refractivity contribution in [3.05, 3.63) is 23.8 Å². The summed E-state index contributed by atoms with van der Waals surface area (Å²) in [6, 6.07) is 7.04. The van der Waals surface area contributed by atoms with Crippen LogP contribution in [0.2, 0.25) is 0 Å². The summed E-state index contributed by atoms with van der Waals surface area (Å²) in [6.45, 7) is 0. The maximum Gasteiger partial charge on any atom is 0.413 e. The number of aromatic nitrogens is 2. The second-order valence-corrected chi connectivity index (χ2v) is 3.05. The number of benzene rings is 1. The van der Waals surface area contributed by atoms with E-state index in [1.807, 2.05) is 6.07 Å². The van der Waals surface area contributed by atoms with Gasteiger partial charge in [0.15, 0.2) is 0 Å². The van der Waals surface area contributed by atoms with Gasteiger partial charge in [0.05, 0.1) is 29.8 Å². The number of nitriles is 1. The minimum Gasteiger partial charge on any atom is -0.453 e. The lowest BCUT2D eigenvalue weighted by Crippen LogP contribution is -2.11. The molecule has 2 N–H and O–H groups in total. The summed E-state index contributed by atoms with van der Waals surface area (Å²) >= 11 is 0. The second-order valence-electron chi connectivity index (χ2n) is 3.05. The molecule has 0 aliphatic carbocycles. The van der Waals surface area contributed by atoms with Crippen molar-refractivity contribution < 1.29 is 9.53 Å². The van der Waals surface area contributed by atoms with Crippen LogP contribution in [0.3, 0.4) is 0 Å². The summed E-state index contributed by atoms with van der Waals surface area (Å²) in [5.41, 5.74) is 1.89. The number of carbonyl (C=O) groups is 1. The molecule has 1 aromatic heterocycles. The summed E-state index contributed by atoms with van der Waals surface area (Å²) in [6.07, 6.45) is -0.598. The molecule has 0 atom stereocenters. The molecule has 0 spiro atoms. The molecule has 0 aliphatic rings. The van der Waals surface area contributed by atoms with E-state index >= 15 is 0 Å². The predicted molar refractivity (Wildman–Crippen MR) is 56.8 cm³/mol. The maximum atomic E-state index is 10.9. The normalized spacial score (nSPS) is 9.75. The third-order valence-corrected chi connectivity index (χ3v) is 2.02. The van der Waals surface area contributed by atoms with E-state index in [1.165, 1.54) is 7.11 Å². The third-order valence-electron chi connectivity index (χ3n) is 2.02. The fraction of sp³-hybridized carbons (Fsp3) is 0.100. The molecule has 0 bridgehead atoms. The number of fused-ring (bicyclic) bond motifs is 1. The summed E-state index contributed by atoms with van der Waals surface area (Å²) in [4.78, 5) is 17.9. The van der Waals surface area contributed by atoms with Crippen LogP contribution in [-0.4, -0.2) is 23.2 Å². The second kappa shape index (κ2) is 3.90. The number of carbonyl (C=O) groups excluding carboxylic acids is 1. The molecule has 0 saturated heterocycles. The Morgan fingerprint density at radius 2 is 2.44 bits per heavy atom. The van der Waals surface area contributed by atoms with Gasteiger partial charge in [-0.2, -0.15) is 5.26 Å². The van der Waals surface area contributed by atoms with Gasteiger partial charge in [-0.15, -0.1) is 0 Å². The first kappa shape index (κ1) is 9.98. The molecule has 80 valence electrons. The number of amides is 1. The van der Waals surface area contributed by atoms with Gasteiger partial charge < -0.3 is 9.72 Å². The van der Waals surface area contributed by atoms with E-state index in [0.717, 1.165) is 0 Å². The van der Waals surface area contributed by atoms with Gasteiger partial charge in [-0.25, -0.2) is 9.78 Å². The van der Waals surface area contributed by atoms with Crippen molar-refractivity contribution in [2.24, 2.45) is 0 Å². The average molecular weight is 216 g/mol. The van der Waals surface area contributed by atoms with E-state index in [-0.39, 0.29) is 5.95 Å². The van der Waals surface area contributed by atoms with Crippen LogP contribution in [0, 0.1) is 11.3 Å². The SMILES string of the molecule is COC(=O)Nc1nc2ccc(C#N)cc2[nH]1. The van der Waals surface area contributed by atoms with E-state index in [1.54, 1.807) is 18.2 Å². The van der Waals surface area contributed by atoms with Gasteiger partial charge in [0, 0.05) is 0 Å². The summed E-state index contributed by atoms with van der Waals surface area (Å²) < 4.78 is 4.43. The van der Waals surface area contributed by atoms with Crippen molar-refractivity contribution in [2.75, 3.05) is 12.4 Å². The van der Waals surface area contributed by atoms with Crippen LogP contribution in [-0.2, 0) is 4.74 Å². The monoisotopic (exact) mass is 216 g/mol. The van der Waals surface area contributed by atoms with Gasteiger partial charge in [0.25, 0.3) is 0 Å². The molecule has 2 aromatic rings. The highest BCUT2D eigenvalue weighted by Gasteiger charge is 2.06. The Morgan fingerprint density at radius 3 is 3.12 bits per heavy atom. The number of hydrogen-bond acceptors (Lipinski definition) is 4. The van der Waals surface area contributed by atoms with Crippen LogP contribution in [0.1, 0.15) is 5.56 Å². The lowest BCUT2D eigenvalue weighted by molar-refractivity contribution is 0.186. The van der Waals surface area contributed by atoms with Crippen molar-refractivity contribution in [2.45, 2.75) is 0 Å². The Labute approximate surface area is 90.9 Å². The van der Waals surface area contributed by atoms with Crippen LogP contribution in [0.15, 0.2) is 18.2 Å². The first-order valence-corrected chi connectivity index (χ1v) is 4.48. The van der Waals surface area contributed by atoms with Gasteiger partial charge in [-0.1, -0.05) is 0 Å². The lowest BCUT2D eigenvalue weighted by Gasteiger charge is -1.96. The minimum absolute atomic E-state index is 0.289. The number of hydrogen-bond donors (Lipinski definition) is 2. The molecular weight excluding hydrogens is 208 g/mol. The van der Waals surface area contributed by atoms with Crippen molar-refractivity contribution in [3.63, 3.8) is 0 Å². The highest BCUT2D eigenvalue weighted by molar-refractivity contribution is 5.86. The average Bonchev–Trinajstić information content (AvgIpc) is 2.69. The highest BCUT2D eigenvalue weighted by atomic mass is 16.5. The number of rotatable bonds is 1. The quantitative estimate of drug-likeness (QED) is 0.757. The molecule has 6 nitrogen and oxygen atoms in total. The molecule has 1 heterocycles. The first-order chi connectivity index (χ1) is 7.72. The van der Waals surface area contributed by atoms with Crippen molar-refractivity contribution >= 4 is 23.1 Å². The van der Waals surface area contributed by atoms with Crippen LogP contribution in [0.5, 0.6) is 0 Å². The van der Waals surface area contributed by atoms with E-state index in [2.05, 4.69) is 20.0 Å². The Kier molecular flexibility index (Phi) is 2.44. The molecule has 2 rings (SSSR count). The van der Waals surface area contributed by atoms with Gasteiger partial charge in [0.2, 0.25) is 5.95 Å². The Hall–Kier alpha value is -2.55. The zero-order valence-corrected chi connectivity index (χ0v) is 8.44. The van der Waals surface area contributed by atoms with Gasteiger partial charge >= 0.3 is 6.09 Å². The zero-order chi connectivity index (χ0) is 11.5. The third kappa shape index (κ3) is 1.79. The zero-order valence-electron chi connectivity index (χ0n) is 8.44. The van der Waals surface area contributed by atoms with Crippen LogP contribution >= 0.6 is 0 Å². The largest absolute Gasteiger partial charge is 0.453 e. The van der Waals surface area contributed by atoms with Crippen molar-refractivity contribution in [1.82, 2.24) is 9.97 Å². The standard InChI is InChI=1S/C10H8N4O2/c1-16-10(15)14-9-12-7-3-2-6(5-11)4-8(7)13-9/h2-4H,1H3,(H2,12,13,14,15). The molecule has 0 saturated carbocycles. The molecule has 0 fully saturated rings.